The fourth-order valence-corrected chi connectivity index (χ4v) is 2.21. The molecule has 1 amide bonds. The predicted molar refractivity (Wildman–Crippen MR) is 89.4 cm³/mol. The molecule has 0 unspecified atom stereocenters. The minimum absolute atomic E-state index is 0.00542. The van der Waals surface area contributed by atoms with E-state index in [1.807, 2.05) is 0 Å². The Kier molecular flexibility index (Phi) is 14.2. The molecule has 0 aromatic carbocycles. The smallest absolute Gasteiger partial charge is 0.219 e. The summed E-state index contributed by atoms with van der Waals surface area (Å²) in [5.41, 5.74) is 5.17. The molecule has 0 aliphatic carbocycles. The van der Waals surface area contributed by atoms with E-state index in [1.54, 1.807) is 0 Å². The zero-order valence-corrected chi connectivity index (χ0v) is 13.7. The van der Waals surface area contributed by atoms with Crippen molar-refractivity contribution in [1.29, 1.82) is 5.41 Å². The van der Waals surface area contributed by atoms with Crippen molar-refractivity contribution >= 4 is 11.9 Å². The van der Waals surface area contributed by atoms with Crippen molar-refractivity contribution in [1.82, 2.24) is 10.6 Å². The third-order valence-electron chi connectivity index (χ3n) is 3.50. The van der Waals surface area contributed by atoms with E-state index in [0.29, 0.717) is 13.0 Å². The van der Waals surface area contributed by atoms with Crippen LogP contribution in [0.25, 0.3) is 0 Å². The summed E-state index contributed by atoms with van der Waals surface area (Å²) >= 11 is 0. The highest BCUT2D eigenvalue weighted by Gasteiger charge is 2.00. The van der Waals surface area contributed by atoms with Gasteiger partial charge in [-0.3, -0.25) is 10.2 Å². The molecule has 0 saturated heterocycles. The van der Waals surface area contributed by atoms with E-state index in [-0.39, 0.29) is 11.9 Å². The van der Waals surface area contributed by atoms with E-state index in [4.69, 9.17) is 11.1 Å². The number of nitrogens with two attached hydrogens (primary N) is 1. The highest BCUT2D eigenvalue weighted by atomic mass is 16.1. The highest BCUT2D eigenvalue weighted by Crippen LogP contribution is 2.07. The lowest BCUT2D eigenvalue weighted by Crippen LogP contribution is -2.31. The van der Waals surface area contributed by atoms with Gasteiger partial charge in [-0.15, -0.1) is 0 Å². The molecule has 0 radical (unpaired) electrons. The van der Waals surface area contributed by atoms with Crippen LogP contribution in [0.3, 0.4) is 0 Å². The second kappa shape index (κ2) is 15.1. The minimum Gasteiger partial charge on any atom is -0.370 e. The van der Waals surface area contributed by atoms with Crippen LogP contribution in [0.5, 0.6) is 0 Å². The van der Waals surface area contributed by atoms with Crippen LogP contribution in [-0.2, 0) is 4.79 Å². The number of hydrogen-bond acceptors (Lipinski definition) is 2. The molecule has 124 valence electrons. The Morgan fingerprint density at radius 1 is 0.857 bits per heavy atom. The fraction of sp³-hybridized carbons (Fsp3) is 0.875. The third-order valence-corrected chi connectivity index (χ3v) is 3.50. The second-order valence-electron chi connectivity index (χ2n) is 5.62. The SMILES string of the molecule is CCCCCCCCCCNC(=O)CCCCNC(=N)N. The molecule has 0 bridgehead atoms. The monoisotopic (exact) mass is 298 g/mol. The van der Waals surface area contributed by atoms with E-state index < -0.39 is 0 Å². The topological polar surface area (TPSA) is 91.0 Å². The summed E-state index contributed by atoms with van der Waals surface area (Å²) in [7, 11) is 0. The molecule has 0 atom stereocenters. The van der Waals surface area contributed by atoms with E-state index in [0.717, 1.165) is 25.8 Å². The summed E-state index contributed by atoms with van der Waals surface area (Å²) < 4.78 is 0. The third kappa shape index (κ3) is 16.7. The van der Waals surface area contributed by atoms with Crippen LogP contribution in [0.15, 0.2) is 0 Å². The highest BCUT2D eigenvalue weighted by molar-refractivity contribution is 5.75. The Morgan fingerprint density at radius 2 is 1.38 bits per heavy atom. The lowest BCUT2D eigenvalue weighted by Gasteiger charge is -2.06. The summed E-state index contributed by atoms with van der Waals surface area (Å²) in [6.45, 7) is 3.71. The van der Waals surface area contributed by atoms with Crippen LogP contribution in [0, 0.1) is 5.41 Å². The average molecular weight is 298 g/mol. The van der Waals surface area contributed by atoms with E-state index >= 15 is 0 Å². The summed E-state index contributed by atoms with van der Waals surface area (Å²) in [5.74, 6) is 0.134. The Morgan fingerprint density at radius 3 is 2.00 bits per heavy atom. The molecule has 0 rings (SSSR count). The Hall–Kier alpha value is -1.26. The molecule has 0 heterocycles. The van der Waals surface area contributed by atoms with E-state index in [1.165, 1.54) is 44.9 Å². The molecule has 0 aliphatic heterocycles. The number of carbonyl (C=O) groups is 1. The maximum atomic E-state index is 11.5. The van der Waals surface area contributed by atoms with Gasteiger partial charge in [0.1, 0.15) is 0 Å². The van der Waals surface area contributed by atoms with Gasteiger partial charge in [0.15, 0.2) is 5.96 Å². The van der Waals surface area contributed by atoms with Gasteiger partial charge in [0, 0.05) is 19.5 Å². The first-order valence-electron chi connectivity index (χ1n) is 8.51. The first-order chi connectivity index (χ1) is 10.2. The van der Waals surface area contributed by atoms with Crippen LogP contribution in [-0.4, -0.2) is 25.0 Å². The summed E-state index contributed by atoms with van der Waals surface area (Å²) in [6, 6.07) is 0. The zero-order valence-electron chi connectivity index (χ0n) is 13.7. The van der Waals surface area contributed by atoms with Crippen molar-refractivity contribution < 1.29 is 4.79 Å². The predicted octanol–water partition coefficient (Wildman–Crippen LogP) is 2.90. The summed E-state index contributed by atoms with van der Waals surface area (Å²) in [4.78, 5) is 11.5. The Bertz CT molecular complexity index is 269. The van der Waals surface area contributed by atoms with Gasteiger partial charge in [-0.25, -0.2) is 0 Å². The number of rotatable bonds is 14. The Labute approximate surface area is 129 Å². The number of guanidine groups is 1. The number of amides is 1. The maximum absolute atomic E-state index is 11.5. The van der Waals surface area contributed by atoms with Crippen molar-refractivity contribution in [2.45, 2.75) is 77.6 Å². The first-order valence-corrected chi connectivity index (χ1v) is 8.51. The van der Waals surface area contributed by atoms with Gasteiger partial charge in [-0.2, -0.15) is 0 Å². The molecule has 0 fully saturated rings. The molecular formula is C16H34N4O. The molecule has 5 nitrogen and oxygen atoms in total. The molecule has 0 saturated carbocycles. The van der Waals surface area contributed by atoms with Crippen LogP contribution >= 0.6 is 0 Å². The Balaban J connectivity index is 3.17. The summed E-state index contributed by atoms with van der Waals surface area (Å²) in [5, 5.41) is 12.7. The van der Waals surface area contributed by atoms with E-state index in [9.17, 15) is 4.79 Å². The van der Waals surface area contributed by atoms with Gasteiger partial charge in [-0.05, 0) is 19.3 Å². The molecule has 5 heteroatoms. The average Bonchev–Trinajstić information content (AvgIpc) is 2.45. The largest absolute Gasteiger partial charge is 0.370 e. The number of hydrogen-bond donors (Lipinski definition) is 4. The van der Waals surface area contributed by atoms with Crippen molar-refractivity contribution in [2.24, 2.45) is 5.73 Å². The minimum atomic E-state index is -0.00542. The summed E-state index contributed by atoms with van der Waals surface area (Å²) in [6.07, 6.45) is 12.6. The van der Waals surface area contributed by atoms with Crippen LogP contribution in [0.2, 0.25) is 0 Å². The second-order valence-corrected chi connectivity index (χ2v) is 5.62. The van der Waals surface area contributed by atoms with Crippen molar-refractivity contribution in [3.05, 3.63) is 0 Å². The number of unbranched alkanes of at least 4 members (excludes halogenated alkanes) is 8. The molecule has 0 aliphatic rings. The molecule has 0 aromatic rings. The first kappa shape index (κ1) is 19.7. The van der Waals surface area contributed by atoms with Crippen molar-refractivity contribution in [3.63, 3.8) is 0 Å². The van der Waals surface area contributed by atoms with Gasteiger partial charge >= 0.3 is 0 Å². The van der Waals surface area contributed by atoms with Gasteiger partial charge in [0.2, 0.25) is 5.91 Å². The van der Waals surface area contributed by atoms with Crippen LogP contribution < -0.4 is 16.4 Å². The van der Waals surface area contributed by atoms with Crippen LogP contribution in [0.1, 0.15) is 77.6 Å². The lowest BCUT2D eigenvalue weighted by molar-refractivity contribution is -0.121. The van der Waals surface area contributed by atoms with Gasteiger partial charge in [-0.1, -0.05) is 51.9 Å². The van der Waals surface area contributed by atoms with Gasteiger partial charge in [0.25, 0.3) is 0 Å². The van der Waals surface area contributed by atoms with E-state index in [2.05, 4.69) is 17.6 Å². The normalized spacial score (nSPS) is 10.3. The maximum Gasteiger partial charge on any atom is 0.219 e. The lowest BCUT2D eigenvalue weighted by atomic mass is 10.1. The molecule has 0 spiro atoms. The molecular weight excluding hydrogens is 264 g/mol. The van der Waals surface area contributed by atoms with Crippen molar-refractivity contribution in [3.8, 4) is 0 Å². The quantitative estimate of drug-likeness (QED) is 0.226. The van der Waals surface area contributed by atoms with Crippen molar-refractivity contribution in [2.75, 3.05) is 13.1 Å². The van der Waals surface area contributed by atoms with Crippen LogP contribution in [0.4, 0.5) is 0 Å². The number of carbonyl (C=O) groups excluding carboxylic acids is 1. The fourth-order valence-electron chi connectivity index (χ4n) is 2.21. The van der Waals surface area contributed by atoms with Gasteiger partial charge < -0.3 is 16.4 Å². The van der Waals surface area contributed by atoms with Gasteiger partial charge in [0.05, 0.1) is 0 Å². The number of nitrogens with one attached hydrogen (secondary N) is 3. The molecule has 5 N–H and O–H groups in total. The molecule has 21 heavy (non-hydrogen) atoms. The molecule has 0 aromatic heterocycles. The standard InChI is InChI=1S/C16H34N4O/c1-2-3-4-5-6-7-8-10-13-19-15(21)12-9-11-14-20-16(17)18/h2-14H2,1H3,(H,19,21)(H4,17,18,20). The zero-order chi connectivity index (χ0) is 15.8.